The van der Waals surface area contributed by atoms with Crippen LogP contribution in [0.4, 0.5) is 0 Å². The maximum absolute atomic E-state index is 13.0. The van der Waals surface area contributed by atoms with Crippen LogP contribution in [0.3, 0.4) is 0 Å². The molecule has 1 fully saturated rings. The molecule has 412 valence electrons. The van der Waals surface area contributed by atoms with E-state index in [1.807, 2.05) is 6.08 Å². The molecule has 0 aromatic heterocycles. The van der Waals surface area contributed by atoms with Crippen LogP contribution in [0.1, 0.15) is 290 Å². The van der Waals surface area contributed by atoms with Crippen molar-refractivity contribution in [3.63, 3.8) is 0 Å². The van der Waals surface area contributed by atoms with Gasteiger partial charge in [-0.1, -0.05) is 262 Å². The van der Waals surface area contributed by atoms with Crippen molar-refractivity contribution in [3.8, 4) is 0 Å². The highest BCUT2D eigenvalue weighted by atomic mass is 16.7. The zero-order valence-corrected chi connectivity index (χ0v) is 45.8. The van der Waals surface area contributed by atoms with Crippen LogP contribution in [-0.2, 0) is 14.3 Å². The highest BCUT2D eigenvalue weighted by Crippen LogP contribution is 2.23. The number of allylic oxidation sites excluding steroid dienone is 5. The van der Waals surface area contributed by atoms with Crippen molar-refractivity contribution in [1.29, 1.82) is 0 Å². The first-order valence-corrected chi connectivity index (χ1v) is 30.2. The molecular formula is C61H115NO8. The monoisotopic (exact) mass is 990 g/mol. The van der Waals surface area contributed by atoms with E-state index in [4.69, 9.17) is 9.47 Å². The number of carbonyl (C=O) groups excluding carboxylic acids is 1. The first-order valence-electron chi connectivity index (χ1n) is 30.2. The molecule has 1 heterocycles. The lowest BCUT2D eigenvalue weighted by Crippen LogP contribution is -2.60. The van der Waals surface area contributed by atoms with E-state index in [9.17, 15) is 30.3 Å². The molecule has 70 heavy (non-hydrogen) atoms. The SMILES string of the molecule is CCCCCCCCCC/C=C\CCCCCCCCCCCCCCCCCCCCCCCC(=O)NC(COC1OC(CO)C(O)C(O)C1O)C(O)/C=C/CC/C=C/CCCCCCCCCC. The van der Waals surface area contributed by atoms with Gasteiger partial charge in [0.25, 0.3) is 0 Å². The van der Waals surface area contributed by atoms with Gasteiger partial charge in [0, 0.05) is 6.42 Å². The molecule has 9 heteroatoms. The Labute approximate surface area is 431 Å². The largest absolute Gasteiger partial charge is 0.394 e. The van der Waals surface area contributed by atoms with Gasteiger partial charge in [-0.05, 0) is 57.8 Å². The summed E-state index contributed by atoms with van der Waals surface area (Å²) >= 11 is 0. The molecule has 1 aliphatic heterocycles. The summed E-state index contributed by atoms with van der Waals surface area (Å²) in [5.74, 6) is -0.183. The molecule has 0 spiro atoms. The first-order chi connectivity index (χ1) is 34.3. The maximum atomic E-state index is 13.0. The van der Waals surface area contributed by atoms with Gasteiger partial charge < -0.3 is 40.3 Å². The Morgan fingerprint density at radius 2 is 0.814 bits per heavy atom. The van der Waals surface area contributed by atoms with Crippen LogP contribution in [0.15, 0.2) is 36.5 Å². The van der Waals surface area contributed by atoms with Crippen molar-refractivity contribution in [2.45, 2.75) is 333 Å². The number of rotatable bonds is 52. The van der Waals surface area contributed by atoms with Crippen molar-refractivity contribution in [1.82, 2.24) is 5.32 Å². The van der Waals surface area contributed by atoms with Gasteiger partial charge in [-0.2, -0.15) is 0 Å². The molecule has 9 nitrogen and oxygen atoms in total. The third-order valence-electron chi connectivity index (χ3n) is 14.4. The highest BCUT2D eigenvalue weighted by molar-refractivity contribution is 5.76. The van der Waals surface area contributed by atoms with Gasteiger partial charge in [0.05, 0.1) is 25.4 Å². The van der Waals surface area contributed by atoms with Crippen molar-refractivity contribution in [2.24, 2.45) is 0 Å². The third kappa shape index (κ3) is 39.9. The maximum Gasteiger partial charge on any atom is 0.220 e. The lowest BCUT2D eigenvalue weighted by atomic mass is 9.99. The normalized spacial score (nSPS) is 19.6. The second kappa shape index (κ2) is 50.9. The summed E-state index contributed by atoms with van der Waals surface area (Å²) in [6.45, 7) is 3.78. The zero-order valence-electron chi connectivity index (χ0n) is 45.8. The Bertz CT molecular complexity index is 1190. The summed E-state index contributed by atoms with van der Waals surface area (Å²) in [5.41, 5.74) is 0. The van der Waals surface area contributed by atoms with Gasteiger partial charge in [0.1, 0.15) is 24.4 Å². The van der Waals surface area contributed by atoms with E-state index in [0.717, 1.165) is 38.5 Å². The fourth-order valence-corrected chi connectivity index (χ4v) is 9.64. The minimum Gasteiger partial charge on any atom is -0.394 e. The van der Waals surface area contributed by atoms with E-state index >= 15 is 0 Å². The summed E-state index contributed by atoms with van der Waals surface area (Å²) in [5, 5.41) is 54.4. The fraction of sp³-hybridized carbons (Fsp3) is 0.885. The smallest absolute Gasteiger partial charge is 0.220 e. The van der Waals surface area contributed by atoms with E-state index in [1.54, 1.807) is 6.08 Å². The Balaban J connectivity index is 2.11. The minimum absolute atomic E-state index is 0.183. The molecule has 0 bridgehead atoms. The lowest BCUT2D eigenvalue weighted by Gasteiger charge is -2.40. The summed E-state index contributed by atoms with van der Waals surface area (Å²) in [6, 6.07) is -0.819. The Hall–Kier alpha value is -1.59. The summed E-state index contributed by atoms with van der Waals surface area (Å²) in [6.07, 6.45) is 59.5. The van der Waals surface area contributed by atoms with Crippen LogP contribution >= 0.6 is 0 Å². The number of nitrogens with one attached hydrogen (secondary N) is 1. The van der Waals surface area contributed by atoms with Gasteiger partial charge in [0.2, 0.25) is 5.91 Å². The number of hydrogen-bond donors (Lipinski definition) is 6. The molecule has 0 aromatic rings. The van der Waals surface area contributed by atoms with E-state index in [-0.39, 0.29) is 12.5 Å². The predicted molar refractivity (Wildman–Crippen MR) is 295 cm³/mol. The van der Waals surface area contributed by atoms with Crippen molar-refractivity contribution in [3.05, 3.63) is 36.5 Å². The molecule has 1 aliphatic rings. The highest BCUT2D eigenvalue weighted by Gasteiger charge is 2.44. The number of amides is 1. The predicted octanol–water partition coefficient (Wildman–Crippen LogP) is 15.1. The molecule has 0 aromatic carbocycles. The number of ether oxygens (including phenoxy) is 2. The van der Waals surface area contributed by atoms with Crippen LogP contribution in [-0.4, -0.2) is 87.5 Å². The molecule has 1 amide bonds. The van der Waals surface area contributed by atoms with Crippen molar-refractivity contribution >= 4 is 5.91 Å². The second-order valence-corrected chi connectivity index (χ2v) is 21.1. The quantitative estimate of drug-likeness (QED) is 0.0261. The van der Waals surface area contributed by atoms with E-state index < -0.39 is 49.5 Å². The number of unbranched alkanes of at least 4 members (excludes halogenated alkanes) is 38. The van der Waals surface area contributed by atoms with Crippen molar-refractivity contribution < 1.29 is 39.8 Å². The van der Waals surface area contributed by atoms with E-state index in [1.165, 1.54) is 231 Å². The summed E-state index contributed by atoms with van der Waals surface area (Å²) in [7, 11) is 0. The average molecular weight is 991 g/mol. The van der Waals surface area contributed by atoms with Gasteiger partial charge in [-0.3, -0.25) is 4.79 Å². The standard InChI is InChI=1S/C61H115NO8/c1-3-5-7-9-11-13-15-17-19-20-21-22-23-24-25-26-27-28-29-30-31-32-33-34-35-36-37-39-41-43-45-47-49-51-57(65)62-54(53-69-61-60(68)59(67)58(66)56(52-63)70-61)55(64)50-48-46-44-42-40-38-18-16-14-12-10-8-6-4-2/h20-21,40,42,48,50,54-56,58-61,63-64,66-68H,3-19,22-39,41,43-47,49,51-53H2,1-2H3,(H,62,65)/b21-20-,42-40+,50-48+. The molecular weight excluding hydrogens is 875 g/mol. The number of hydrogen-bond acceptors (Lipinski definition) is 8. The van der Waals surface area contributed by atoms with Gasteiger partial charge in [-0.15, -0.1) is 0 Å². The Morgan fingerprint density at radius 3 is 1.20 bits per heavy atom. The van der Waals surface area contributed by atoms with E-state index in [2.05, 4.69) is 43.5 Å². The molecule has 7 atom stereocenters. The zero-order chi connectivity index (χ0) is 50.8. The Morgan fingerprint density at radius 1 is 0.471 bits per heavy atom. The minimum atomic E-state index is -1.57. The summed E-state index contributed by atoms with van der Waals surface area (Å²) < 4.78 is 11.2. The van der Waals surface area contributed by atoms with E-state index in [0.29, 0.717) is 6.42 Å². The van der Waals surface area contributed by atoms with Crippen LogP contribution < -0.4 is 5.32 Å². The first kappa shape index (κ1) is 66.4. The van der Waals surface area contributed by atoms with Crippen LogP contribution in [0.5, 0.6) is 0 Å². The molecule has 1 saturated heterocycles. The lowest BCUT2D eigenvalue weighted by molar-refractivity contribution is -0.302. The number of carbonyl (C=O) groups is 1. The third-order valence-corrected chi connectivity index (χ3v) is 14.4. The van der Waals surface area contributed by atoms with Crippen LogP contribution in [0.2, 0.25) is 0 Å². The topological polar surface area (TPSA) is 149 Å². The molecule has 0 saturated carbocycles. The Kier molecular flexibility index (Phi) is 48.3. The average Bonchev–Trinajstić information content (AvgIpc) is 3.36. The fourth-order valence-electron chi connectivity index (χ4n) is 9.64. The van der Waals surface area contributed by atoms with Gasteiger partial charge >= 0.3 is 0 Å². The second-order valence-electron chi connectivity index (χ2n) is 21.1. The van der Waals surface area contributed by atoms with Crippen LogP contribution in [0.25, 0.3) is 0 Å². The van der Waals surface area contributed by atoms with Gasteiger partial charge in [-0.25, -0.2) is 0 Å². The molecule has 7 unspecified atom stereocenters. The molecule has 1 rings (SSSR count). The number of aliphatic hydroxyl groups is 5. The molecule has 0 radical (unpaired) electrons. The summed E-state index contributed by atoms with van der Waals surface area (Å²) in [4.78, 5) is 13.0. The van der Waals surface area contributed by atoms with Crippen LogP contribution in [0, 0.1) is 0 Å². The molecule has 0 aliphatic carbocycles. The molecule has 6 N–H and O–H groups in total. The van der Waals surface area contributed by atoms with Crippen molar-refractivity contribution in [2.75, 3.05) is 13.2 Å². The van der Waals surface area contributed by atoms with Gasteiger partial charge in [0.15, 0.2) is 6.29 Å². The number of aliphatic hydroxyl groups excluding tert-OH is 5.